The van der Waals surface area contributed by atoms with Crippen LogP contribution >= 0.6 is 0 Å². The van der Waals surface area contributed by atoms with E-state index in [4.69, 9.17) is 0 Å². The molecule has 24 heavy (non-hydrogen) atoms. The van der Waals surface area contributed by atoms with Gasteiger partial charge in [0.1, 0.15) is 5.82 Å². The van der Waals surface area contributed by atoms with Gasteiger partial charge in [-0.05, 0) is 43.3 Å². The van der Waals surface area contributed by atoms with Crippen LogP contribution in [0.5, 0.6) is 0 Å². The Morgan fingerprint density at radius 1 is 1.08 bits per heavy atom. The summed E-state index contributed by atoms with van der Waals surface area (Å²) in [4.78, 5) is 31.0. The Hall–Kier alpha value is -3.15. The summed E-state index contributed by atoms with van der Waals surface area (Å²) < 4.78 is 0. The highest BCUT2D eigenvalue weighted by atomic mass is 16.2. The van der Waals surface area contributed by atoms with Crippen LogP contribution in [-0.4, -0.2) is 21.8 Å². The van der Waals surface area contributed by atoms with Crippen molar-refractivity contribution >= 4 is 28.5 Å². The Morgan fingerprint density at radius 3 is 2.46 bits per heavy atom. The summed E-state index contributed by atoms with van der Waals surface area (Å²) in [6.45, 7) is 3.32. The second-order valence-electron chi connectivity index (χ2n) is 5.59. The predicted octanol–water partition coefficient (Wildman–Crippen LogP) is 3.01. The maximum atomic E-state index is 12.3. The minimum atomic E-state index is -0.250. The number of aromatic amines is 1. The number of rotatable bonds is 4. The standard InChI is InChI=1S/C18H18N4O2/c1-11(17-21-15-5-3-4-6-16(15)22-17)19-18(24)13-7-9-14(10-8-13)20-12(2)23/h3-11H,1-2H3,(H,19,24)(H,20,23)(H,21,22). The number of nitrogens with zero attached hydrogens (tertiary/aromatic N) is 1. The molecule has 122 valence electrons. The van der Waals surface area contributed by atoms with Gasteiger partial charge in [0.05, 0.1) is 17.1 Å². The molecule has 0 aliphatic carbocycles. The SMILES string of the molecule is CC(=O)Nc1ccc(C(=O)NC(C)c2nc3ccccc3[nH]2)cc1. The van der Waals surface area contributed by atoms with E-state index in [9.17, 15) is 9.59 Å². The average Bonchev–Trinajstić information content (AvgIpc) is 2.99. The molecule has 0 saturated heterocycles. The summed E-state index contributed by atoms with van der Waals surface area (Å²) in [5.41, 5.74) is 2.98. The lowest BCUT2D eigenvalue weighted by atomic mass is 10.2. The van der Waals surface area contributed by atoms with E-state index in [1.165, 1.54) is 6.92 Å². The van der Waals surface area contributed by atoms with E-state index in [2.05, 4.69) is 20.6 Å². The van der Waals surface area contributed by atoms with Crippen LogP contribution < -0.4 is 10.6 Å². The van der Waals surface area contributed by atoms with E-state index in [1.54, 1.807) is 24.3 Å². The molecule has 3 aromatic rings. The maximum absolute atomic E-state index is 12.3. The molecule has 6 heteroatoms. The number of carbonyl (C=O) groups excluding carboxylic acids is 2. The molecule has 0 aliphatic rings. The summed E-state index contributed by atoms with van der Waals surface area (Å²) in [7, 11) is 0. The van der Waals surface area contributed by atoms with Crippen molar-refractivity contribution in [2.24, 2.45) is 0 Å². The molecular weight excluding hydrogens is 304 g/mol. The van der Waals surface area contributed by atoms with Crippen LogP contribution in [0.2, 0.25) is 0 Å². The van der Waals surface area contributed by atoms with Crippen molar-refractivity contribution in [1.82, 2.24) is 15.3 Å². The number of nitrogens with one attached hydrogen (secondary N) is 3. The summed E-state index contributed by atoms with van der Waals surface area (Å²) in [6, 6.07) is 14.2. The van der Waals surface area contributed by atoms with E-state index in [-0.39, 0.29) is 17.9 Å². The van der Waals surface area contributed by atoms with Gasteiger partial charge in [0.25, 0.3) is 5.91 Å². The van der Waals surface area contributed by atoms with Crippen molar-refractivity contribution in [1.29, 1.82) is 0 Å². The molecule has 3 N–H and O–H groups in total. The number of fused-ring (bicyclic) bond motifs is 1. The molecule has 1 heterocycles. The van der Waals surface area contributed by atoms with Crippen molar-refractivity contribution in [2.45, 2.75) is 19.9 Å². The van der Waals surface area contributed by atoms with Crippen molar-refractivity contribution in [3.05, 3.63) is 59.9 Å². The van der Waals surface area contributed by atoms with Gasteiger partial charge in [-0.3, -0.25) is 9.59 Å². The predicted molar refractivity (Wildman–Crippen MR) is 92.7 cm³/mol. The zero-order valence-electron chi connectivity index (χ0n) is 13.5. The Balaban J connectivity index is 1.70. The quantitative estimate of drug-likeness (QED) is 0.690. The van der Waals surface area contributed by atoms with Crippen molar-refractivity contribution in [2.75, 3.05) is 5.32 Å². The topological polar surface area (TPSA) is 86.9 Å². The third kappa shape index (κ3) is 3.43. The lowest BCUT2D eigenvalue weighted by molar-refractivity contribution is -0.114. The fourth-order valence-electron chi connectivity index (χ4n) is 2.43. The minimum Gasteiger partial charge on any atom is -0.342 e. The van der Waals surface area contributed by atoms with Crippen molar-refractivity contribution in [3.63, 3.8) is 0 Å². The zero-order chi connectivity index (χ0) is 17.1. The maximum Gasteiger partial charge on any atom is 0.251 e. The van der Waals surface area contributed by atoms with Gasteiger partial charge in [0.2, 0.25) is 5.91 Å². The zero-order valence-corrected chi connectivity index (χ0v) is 13.5. The number of imidazole rings is 1. The molecular formula is C18H18N4O2. The molecule has 0 radical (unpaired) electrons. The molecule has 0 bridgehead atoms. The highest BCUT2D eigenvalue weighted by Gasteiger charge is 2.14. The lowest BCUT2D eigenvalue weighted by Gasteiger charge is -2.12. The Labute approximate surface area is 139 Å². The van der Waals surface area contributed by atoms with E-state index in [0.29, 0.717) is 17.1 Å². The first kappa shape index (κ1) is 15.7. The van der Waals surface area contributed by atoms with Gasteiger partial charge in [-0.25, -0.2) is 4.98 Å². The molecule has 3 rings (SSSR count). The molecule has 0 aliphatic heterocycles. The number of hydrogen-bond acceptors (Lipinski definition) is 3. The minimum absolute atomic E-state index is 0.147. The second-order valence-corrected chi connectivity index (χ2v) is 5.59. The first-order chi connectivity index (χ1) is 11.5. The van der Waals surface area contributed by atoms with Gasteiger partial charge < -0.3 is 15.6 Å². The van der Waals surface area contributed by atoms with Gasteiger partial charge in [-0.1, -0.05) is 12.1 Å². The van der Waals surface area contributed by atoms with Gasteiger partial charge >= 0.3 is 0 Å². The van der Waals surface area contributed by atoms with Crippen LogP contribution in [0.3, 0.4) is 0 Å². The van der Waals surface area contributed by atoms with E-state index < -0.39 is 0 Å². The first-order valence-corrected chi connectivity index (χ1v) is 7.66. The Bertz CT molecular complexity index is 850. The first-order valence-electron chi connectivity index (χ1n) is 7.66. The fraction of sp³-hybridized carbons (Fsp3) is 0.167. The lowest BCUT2D eigenvalue weighted by Crippen LogP contribution is -2.27. The third-order valence-corrected chi connectivity index (χ3v) is 3.63. The highest BCUT2D eigenvalue weighted by Crippen LogP contribution is 2.16. The summed E-state index contributed by atoms with van der Waals surface area (Å²) in [5.74, 6) is 0.363. The number of amides is 2. The average molecular weight is 322 g/mol. The van der Waals surface area contributed by atoms with Crippen LogP contribution in [-0.2, 0) is 4.79 Å². The molecule has 6 nitrogen and oxygen atoms in total. The molecule has 1 unspecified atom stereocenters. The molecule has 1 aromatic heterocycles. The molecule has 0 spiro atoms. The Morgan fingerprint density at radius 2 is 1.79 bits per heavy atom. The summed E-state index contributed by atoms with van der Waals surface area (Å²) in [6.07, 6.45) is 0. The summed E-state index contributed by atoms with van der Waals surface area (Å²) >= 11 is 0. The van der Waals surface area contributed by atoms with Gasteiger partial charge in [-0.15, -0.1) is 0 Å². The number of para-hydroxylation sites is 2. The van der Waals surface area contributed by atoms with E-state index in [0.717, 1.165) is 11.0 Å². The van der Waals surface area contributed by atoms with Crippen LogP contribution in [0.15, 0.2) is 48.5 Å². The number of H-pyrrole nitrogens is 1. The molecule has 0 saturated carbocycles. The van der Waals surface area contributed by atoms with Gasteiger partial charge in [-0.2, -0.15) is 0 Å². The molecule has 1 atom stereocenters. The molecule has 2 aromatic carbocycles. The van der Waals surface area contributed by atoms with E-state index >= 15 is 0 Å². The van der Waals surface area contributed by atoms with Crippen molar-refractivity contribution in [3.8, 4) is 0 Å². The fourth-order valence-corrected chi connectivity index (χ4v) is 2.43. The third-order valence-electron chi connectivity index (χ3n) is 3.63. The monoisotopic (exact) mass is 322 g/mol. The van der Waals surface area contributed by atoms with Gasteiger partial charge in [0.15, 0.2) is 0 Å². The van der Waals surface area contributed by atoms with Crippen LogP contribution in [0.25, 0.3) is 11.0 Å². The Kier molecular flexibility index (Phi) is 4.29. The number of hydrogen-bond donors (Lipinski definition) is 3. The number of aromatic nitrogens is 2. The van der Waals surface area contributed by atoms with Crippen molar-refractivity contribution < 1.29 is 9.59 Å². The largest absolute Gasteiger partial charge is 0.342 e. The smallest absolute Gasteiger partial charge is 0.251 e. The summed E-state index contributed by atoms with van der Waals surface area (Å²) in [5, 5.41) is 5.58. The molecule has 0 fully saturated rings. The second kappa shape index (κ2) is 6.54. The normalized spacial score (nSPS) is 11.9. The van der Waals surface area contributed by atoms with Gasteiger partial charge in [0, 0.05) is 18.2 Å². The number of anilines is 1. The number of carbonyl (C=O) groups is 2. The van der Waals surface area contributed by atoms with Crippen LogP contribution in [0, 0.1) is 0 Å². The van der Waals surface area contributed by atoms with Crippen LogP contribution in [0.4, 0.5) is 5.69 Å². The van der Waals surface area contributed by atoms with Crippen LogP contribution in [0.1, 0.15) is 36.1 Å². The van der Waals surface area contributed by atoms with E-state index in [1.807, 2.05) is 31.2 Å². The molecule has 2 amide bonds. The number of benzene rings is 2. The highest BCUT2D eigenvalue weighted by molar-refractivity contribution is 5.95.